The smallest absolute Gasteiger partial charge is 0.319 e. The second-order valence-electron chi connectivity index (χ2n) is 5.43. The Kier molecular flexibility index (Phi) is 4.16. The molecule has 0 aliphatic heterocycles. The summed E-state index contributed by atoms with van der Waals surface area (Å²) in [6, 6.07) is 1.82. The molecule has 7 nitrogen and oxygen atoms in total. The lowest BCUT2D eigenvalue weighted by molar-refractivity contribution is -0.0871. The van der Waals surface area contributed by atoms with Crippen LogP contribution in [0, 0.1) is 0 Å². The maximum atomic E-state index is 13.2. The molecular weight excluding hydrogens is 322 g/mol. The summed E-state index contributed by atoms with van der Waals surface area (Å²) in [4.78, 5) is 8.11. The molecule has 0 bridgehead atoms. The first-order valence-electron chi connectivity index (χ1n) is 7.22. The van der Waals surface area contributed by atoms with E-state index in [1.807, 2.05) is 0 Å². The third-order valence-electron chi connectivity index (χ3n) is 3.89. The predicted octanol–water partition coefficient (Wildman–Crippen LogP) is 2.47. The van der Waals surface area contributed by atoms with Crippen LogP contribution in [-0.2, 0) is 0 Å². The number of rotatable bonds is 5. The molecule has 0 radical (unpaired) electrons. The number of alkyl halides is 2. The van der Waals surface area contributed by atoms with Gasteiger partial charge in [0, 0.05) is 30.5 Å². The van der Waals surface area contributed by atoms with Crippen molar-refractivity contribution in [1.29, 1.82) is 0 Å². The minimum absolute atomic E-state index is 0.149. The first kappa shape index (κ1) is 16.3. The summed E-state index contributed by atoms with van der Waals surface area (Å²) in [5.74, 6) is -2.46. The molecule has 0 aromatic carbocycles. The summed E-state index contributed by atoms with van der Waals surface area (Å²) < 4.78 is 41.7. The average Bonchev–Trinajstić information content (AvgIpc) is 2.58. The van der Waals surface area contributed by atoms with E-state index in [1.165, 1.54) is 27.5 Å². The number of hydrogen-bond acceptors (Lipinski definition) is 7. The van der Waals surface area contributed by atoms with Crippen LogP contribution >= 0.6 is 0 Å². The van der Waals surface area contributed by atoms with Gasteiger partial charge in [-0.3, -0.25) is 0 Å². The molecule has 1 aliphatic rings. The first-order valence-corrected chi connectivity index (χ1v) is 7.22. The van der Waals surface area contributed by atoms with Crippen molar-refractivity contribution in [3.8, 4) is 29.0 Å². The van der Waals surface area contributed by atoms with Crippen molar-refractivity contribution in [1.82, 2.24) is 20.2 Å². The van der Waals surface area contributed by atoms with Gasteiger partial charge in [0.1, 0.15) is 5.69 Å². The van der Waals surface area contributed by atoms with E-state index in [9.17, 15) is 8.78 Å². The highest BCUT2D eigenvalue weighted by molar-refractivity contribution is 5.65. The fraction of sp³-hybridized carbons (Fsp3) is 0.467. The summed E-state index contributed by atoms with van der Waals surface area (Å²) in [7, 11) is 4.33. The summed E-state index contributed by atoms with van der Waals surface area (Å²) >= 11 is 0. The molecule has 1 saturated carbocycles. The third kappa shape index (κ3) is 2.93. The van der Waals surface area contributed by atoms with Crippen molar-refractivity contribution < 1.29 is 23.0 Å². The molecule has 128 valence electrons. The van der Waals surface area contributed by atoms with Crippen LogP contribution in [0.25, 0.3) is 11.3 Å². The van der Waals surface area contributed by atoms with Gasteiger partial charge in [0.2, 0.25) is 17.7 Å². The zero-order valence-electron chi connectivity index (χ0n) is 13.4. The number of methoxy groups -OCH3 is 3. The maximum Gasteiger partial charge on any atom is 0.319 e. The molecule has 0 atom stereocenters. The Hall–Kier alpha value is -2.58. The van der Waals surface area contributed by atoms with Gasteiger partial charge in [-0.05, 0) is 6.07 Å². The molecule has 1 aliphatic carbocycles. The van der Waals surface area contributed by atoms with E-state index in [2.05, 4.69) is 20.2 Å². The van der Waals surface area contributed by atoms with Gasteiger partial charge in [0.15, 0.2) is 0 Å². The third-order valence-corrected chi connectivity index (χ3v) is 3.89. The number of ether oxygens (including phenoxy) is 3. The van der Waals surface area contributed by atoms with Gasteiger partial charge in [-0.1, -0.05) is 0 Å². The van der Waals surface area contributed by atoms with Crippen LogP contribution in [0.5, 0.6) is 17.8 Å². The van der Waals surface area contributed by atoms with Crippen LogP contribution < -0.4 is 14.2 Å². The van der Waals surface area contributed by atoms with Crippen LogP contribution in [0.4, 0.5) is 8.78 Å². The molecule has 0 amide bonds. The van der Waals surface area contributed by atoms with Crippen LogP contribution in [0.15, 0.2) is 12.3 Å². The largest absolute Gasteiger partial charge is 0.480 e. The number of hydrogen-bond donors (Lipinski definition) is 0. The first-order chi connectivity index (χ1) is 11.5. The molecule has 2 aromatic rings. The van der Waals surface area contributed by atoms with Gasteiger partial charge < -0.3 is 14.2 Å². The molecule has 0 N–H and O–H groups in total. The molecule has 24 heavy (non-hydrogen) atoms. The Labute approximate surface area is 137 Å². The SMILES string of the molecule is COc1ncc(-c2cc(C3CC(F)(F)C3)c(OC)nn2)c(OC)n1. The summed E-state index contributed by atoms with van der Waals surface area (Å²) in [5.41, 5.74) is 1.49. The van der Waals surface area contributed by atoms with E-state index < -0.39 is 5.92 Å². The Bertz CT molecular complexity index is 749. The van der Waals surface area contributed by atoms with Crippen LogP contribution in [0.3, 0.4) is 0 Å². The summed E-state index contributed by atoms with van der Waals surface area (Å²) in [5, 5.41) is 8.04. The van der Waals surface area contributed by atoms with E-state index in [4.69, 9.17) is 14.2 Å². The van der Waals surface area contributed by atoms with E-state index in [0.29, 0.717) is 16.8 Å². The minimum atomic E-state index is -2.64. The zero-order chi connectivity index (χ0) is 17.3. The Morgan fingerprint density at radius 1 is 1.04 bits per heavy atom. The van der Waals surface area contributed by atoms with Crippen molar-refractivity contribution in [3.63, 3.8) is 0 Å². The predicted molar refractivity (Wildman–Crippen MR) is 79.6 cm³/mol. The lowest BCUT2D eigenvalue weighted by atomic mass is 9.77. The average molecular weight is 338 g/mol. The van der Waals surface area contributed by atoms with Crippen molar-refractivity contribution in [2.75, 3.05) is 21.3 Å². The van der Waals surface area contributed by atoms with Crippen molar-refractivity contribution in [3.05, 3.63) is 17.8 Å². The van der Waals surface area contributed by atoms with Gasteiger partial charge in [0.05, 0.1) is 26.9 Å². The molecule has 0 saturated heterocycles. The molecule has 1 fully saturated rings. The highest BCUT2D eigenvalue weighted by Crippen LogP contribution is 2.50. The van der Waals surface area contributed by atoms with Gasteiger partial charge in [-0.25, -0.2) is 13.8 Å². The highest BCUT2D eigenvalue weighted by Gasteiger charge is 2.47. The van der Waals surface area contributed by atoms with Gasteiger partial charge >= 0.3 is 6.01 Å². The topological polar surface area (TPSA) is 79.2 Å². The normalized spacial score (nSPS) is 16.4. The fourth-order valence-corrected chi connectivity index (χ4v) is 2.64. The van der Waals surface area contributed by atoms with E-state index in [-0.39, 0.29) is 36.5 Å². The second kappa shape index (κ2) is 6.14. The van der Waals surface area contributed by atoms with Crippen molar-refractivity contribution >= 4 is 0 Å². The molecule has 2 heterocycles. The van der Waals surface area contributed by atoms with Gasteiger partial charge in [-0.15, -0.1) is 10.2 Å². The number of nitrogens with zero attached hydrogens (tertiary/aromatic N) is 4. The molecule has 3 rings (SSSR count). The monoisotopic (exact) mass is 338 g/mol. The molecular formula is C15H16F2N4O3. The minimum Gasteiger partial charge on any atom is -0.480 e. The van der Waals surface area contributed by atoms with Crippen molar-refractivity contribution in [2.24, 2.45) is 0 Å². The Morgan fingerprint density at radius 2 is 1.75 bits per heavy atom. The molecule has 2 aromatic heterocycles. The second-order valence-corrected chi connectivity index (χ2v) is 5.43. The lowest BCUT2D eigenvalue weighted by Crippen LogP contribution is -2.34. The number of halogens is 2. The quantitative estimate of drug-likeness (QED) is 0.828. The van der Waals surface area contributed by atoms with Gasteiger partial charge in [-0.2, -0.15) is 4.98 Å². The van der Waals surface area contributed by atoms with E-state index in [0.717, 1.165) is 0 Å². The zero-order valence-corrected chi connectivity index (χ0v) is 13.4. The lowest BCUT2D eigenvalue weighted by Gasteiger charge is -2.35. The van der Waals surface area contributed by atoms with Gasteiger partial charge in [0.25, 0.3) is 0 Å². The molecule has 0 spiro atoms. The van der Waals surface area contributed by atoms with E-state index in [1.54, 1.807) is 6.07 Å². The van der Waals surface area contributed by atoms with E-state index >= 15 is 0 Å². The Balaban J connectivity index is 2.00. The number of aromatic nitrogens is 4. The summed E-state index contributed by atoms with van der Waals surface area (Å²) in [6.07, 6.45) is 1.02. The standard InChI is InChI=1S/C15H16F2N4O3/c1-22-12-10(7-18-14(19-12)24-3)11-4-9(13(23-2)21-20-11)8-5-15(16,17)6-8/h4,7-8H,5-6H2,1-3H3. The molecule has 0 unspecified atom stereocenters. The molecule has 9 heteroatoms. The van der Waals surface area contributed by atoms with Crippen molar-refractivity contribution in [2.45, 2.75) is 24.7 Å². The highest BCUT2D eigenvalue weighted by atomic mass is 19.3. The van der Waals surface area contributed by atoms with Crippen LogP contribution in [0.1, 0.15) is 24.3 Å². The Morgan fingerprint density at radius 3 is 2.33 bits per heavy atom. The maximum absolute atomic E-state index is 13.2. The van der Waals surface area contributed by atoms with Crippen LogP contribution in [0.2, 0.25) is 0 Å². The summed E-state index contributed by atoms with van der Waals surface area (Å²) in [6.45, 7) is 0. The van der Waals surface area contributed by atoms with Crippen LogP contribution in [-0.4, -0.2) is 47.4 Å². The fourth-order valence-electron chi connectivity index (χ4n) is 2.64.